The van der Waals surface area contributed by atoms with Crippen molar-refractivity contribution in [1.82, 2.24) is 4.98 Å². The summed E-state index contributed by atoms with van der Waals surface area (Å²) in [5.41, 5.74) is 0.590. The Morgan fingerprint density at radius 3 is 2.35 bits per heavy atom. The first-order valence-corrected chi connectivity index (χ1v) is 5.55. The van der Waals surface area contributed by atoms with Crippen molar-refractivity contribution < 1.29 is 18.1 Å². The number of aromatic nitrogens is 1. The number of rotatable bonds is 4. The van der Waals surface area contributed by atoms with Crippen molar-refractivity contribution in [3.8, 4) is 12.1 Å². The summed E-state index contributed by atoms with van der Waals surface area (Å²) in [6.07, 6.45) is 0. The maximum Gasteiger partial charge on any atom is 0.262 e. The number of carbonyl (C=O) groups excluding carboxylic acids is 1. The lowest BCUT2D eigenvalue weighted by atomic mass is 10.2. The standard InChI is InChI=1S/C9H5F3N6OS/c10-5-3(1-13)8(18(12)16)17-9(4(5)2-14)20-6(11)7(15)19/h6H,16H2,(H2,15,19). The molecule has 0 aromatic carbocycles. The molecule has 104 valence electrons. The van der Waals surface area contributed by atoms with Crippen LogP contribution in [0.15, 0.2) is 5.03 Å². The van der Waals surface area contributed by atoms with Crippen LogP contribution in [0.2, 0.25) is 0 Å². The summed E-state index contributed by atoms with van der Waals surface area (Å²) in [4.78, 5) is 13.9. The number of amides is 1. The Labute approximate surface area is 114 Å². The number of nitrogens with zero attached hydrogens (tertiary/aromatic N) is 4. The molecule has 0 saturated heterocycles. The molecule has 1 unspecified atom stereocenters. The van der Waals surface area contributed by atoms with Gasteiger partial charge in [-0.3, -0.25) is 4.79 Å². The average molecular weight is 302 g/mol. The van der Waals surface area contributed by atoms with Crippen LogP contribution in [-0.4, -0.2) is 16.4 Å². The van der Waals surface area contributed by atoms with Gasteiger partial charge in [-0.1, -0.05) is 16.2 Å². The first kappa shape index (κ1) is 15.6. The number of pyridine rings is 1. The molecule has 0 radical (unpaired) electrons. The second-order valence-corrected chi connectivity index (χ2v) is 4.21. The van der Waals surface area contributed by atoms with Gasteiger partial charge in [0.25, 0.3) is 5.91 Å². The zero-order valence-corrected chi connectivity index (χ0v) is 10.3. The summed E-state index contributed by atoms with van der Waals surface area (Å²) in [5.74, 6) is 0.948. The zero-order chi connectivity index (χ0) is 15.4. The van der Waals surface area contributed by atoms with E-state index < -0.39 is 44.4 Å². The number of carbonyl (C=O) groups is 1. The Morgan fingerprint density at radius 2 is 1.95 bits per heavy atom. The van der Waals surface area contributed by atoms with Crippen molar-refractivity contribution in [2.45, 2.75) is 10.5 Å². The van der Waals surface area contributed by atoms with Crippen molar-refractivity contribution in [3.05, 3.63) is 16.9 Å². The summed E-state index contributed by atoms with van der Waals surface area (Å²) in [6.45, 7) is 0. The lowest BCUT2D eigenvalue weighted by Gasteiger charge is -2.12. The fourth-order valence-electron chi connectivity index (χ4n) is 1.12. The number of hydrogen-bond donors (Lipinski definition) is 2. The Hall–Kier alpha value is -2.50. The summed E-state index contributed by atoms with van der Waals surface area (Å²) < 4.78 is 39.9. The average Bonchev–Trinajstić information content (AvgIpc) is 2.38. The van der Waals surface area contributed by atoms with Gasteiger partial charge < -0.3 is 5.73 Å². The summed E-state index contributed by atoms with van der Waals surface area (Å²) in [5, 5.41) is 16.1. The second-order valence-electron chi connectivity index (χ2n) is 3.18. The van der Waals surface area contributed by atoms with Crippen LogP contribution < -0.4 is 16.8 Å². The summed E-state index contributed by atoms with van der Waals surface area (Å²) in [6, 6.07) is 2.62. The van der Waals surface area contributed by atoms with Crippen LogP contribution in [0.25, 0.3) is 0 Å². The minimum Gasteiger partial charge on any atom is -0.366 e. The third-order valence-corrected chi connectivity index (χ3v) is 2.91. The van der Waals surface area contributed by atoms with E-state index in [1.165, 1.54) is 12.1 Å². The van der Waals surface area contributed by atoms with E-state index in [4.69, 9.17) is 16.4 Å². The molecular weight excluding hydrogens is 297 g/mol. The number of alkyl halides is 1. The predicted octanol–water partition coefficient (Wildman–Crippen LogP) is 0.402. The monoisotopic (exact) mass is 302 g/mol. The number of thioether (sulfide) groups is 1. The fraction of sp³-hybridized carbons (Fsp3) is 0.111. The molecule has 20 heavy (non-hydrogen) atoms. The minimum atomic E-state index is -2.33. The SMILES string of the molecule is N#Cc1c(SC(F)C(N)=O)nc(N(N)F)c(C#N)c1F. The van der Waals surface area contributed by atoms with E-state index in [1.54, 1.807) is 0 Å². The third-order valence-electron chi connectivity index (χ3n) is 1.95. The van der Waals surface area contributed by atoms with Crippen LogP contribution in [0, 0.1) is 28.5 Å². The van der Waals surface area contributed by atoms with Crippen LogP contribution in [0.5, 0.6) is 0 Å². The van der Waals surface area contributed by atoms with Gasteiger partial charge in [-0.2, -0.15) is 10.5 Å². The van der Waals surface area contributed by atoms with E-state index in [2.05, 4.69) is 10.7 Å². The quantitative estimate of drug-likeness (QED) is 0.356. The van der Waals surface area contributed by atoms with E-state index in [0.29, 0.717) is 0 Å². The minimum absolute atomic E-state index is 0.00531. The van der Waals surface area contributed by atoms with Gasteiger partial charge in [-0.05, 0) is 0 Å². The highest BCUT2D eigenvalue weighted by Crippen LogP contribution is 2.32. The topological polar surface area (TPSA) is 133 Å². The highest BCUT2D eigenvalue weighted by atomic mass is 32.2. The summed E-state index contributed by atoms with van der Waals surface area (Å²) >= 11 is -0.00531. The number of halogens is 3. The third kappa shape index (κ3) is 2.90. The molecule has 0 fully saturated rings. The van der Waals surface area contributed by atoms with E-state index in [0.717, 1.165) is 0 Å². The van der Waals surface area contributed by atoms with Crippen LogP contribution in [0.4, 0.5) is 19.1 Å². The Morgan fingerprint density at radius 1 is 1.40 bits per heavy atom. The lowest BCUT2D eigenvalue weighted by molar-refractivity contribution is -0.119. The molecule has 4 N–H and O–H groups in total. The molecule has 1 amide bonds. The number of primary amides is 1. The normalized spacial score (nSPS) is 11.3. The Balaban J connectivity index is 3.49. The van der Waals surface area contributed by atoms with Crippen LogP contribution in [0.1, 0.15) is 11.1 Å². The molecule has 0 aliphatic carbocycles. The molecule has 1 aromatic rings. The maximum atomic E-state index is 13.8. The maximum absolute atomic E-state index is 13.8. The molecule has 0 aliphatic rings. The molecule has 1 rings (SSSR count). The predicted molar refractivity (Wildman–Crippen MR) is 61.3 cm³/mol. The Bertz CT molecular complexity index is 638. The number of nitrogens with two attached hydrogens (primary N) is 2. The van der Waals surface area contributed by atoms with Crippen molar-refractivity contribution in [1.29, 1.82) is 10.5 Å². The molecule has 0 spiro atoms. The van der Waals surface area contributed by atoms with Crippen molar-refractivity contribution >= 4 is 23.5 Å². The highest BCUT2D eigenvalue weighted by molar-refractivity contribution is 8.00. The van der Waals surface area contributed by atoms with Crippen LogP contribution in [-0.2, 0) is 4.79 Å². The molecule has 1 aromatic heterocycles. The van der Waals surface area contributed by atoms with Gasteiger partial charge in [0.2, 0.25) is 5.50 Å². The van der Waals surface area contributed by atoms with Gasteiger partial charge in [0.05, 0.1) is 0 Å². The zero-order valence-electron chi connectivity index (χ0n) is 9.47. The highest BCUT2D eigenvalue weighted by Gasteiger charge is 2.26. The largest absolute Gasteiger partial charge is 0.366 e. The molecule has 0 saturated carbocycles. The molecule has 0 bridgehead atoms. The van der Waals surface area contributed by atoms with Gasteiger partial charge in [0.1, 0.15) is 28.3 Å². The van der Waals surface area contributed by atoms with E-state index >= 15 is 0 Å². The summed E-state index contributed by atoms with van der Waals surface area (Å²) in [7, 11) is 0. The lowest BCUT2D eigenvalue weighted by Crippen LogP contribution is -2.24. The molecule has 1 atom stereocenters. The fourth-order valence-corrected chi connectivity index (χ4v) is 1.82. The van der Waals surface area contributed by atoms with Crippen LogP contribution in [0.3, 0.4) is 0 Å². The number of anilines is 1. The molecule has 1 heterocycles. The van der Waals surface area contributed by atoms with E-state index in [-0.39, 0.29) is 11.8 Å². The second kappa shape index (κ2) is 6.10. The smallest absolute Gasteiger partial charge is 0.262 e. The first-order valence-electron chi connectivity index (χ1n) is 4.67. The van der Waals surface area contributed by atoms with Gasteiger partial charge in [0, 0.05) is 0 Å². The Kier molecular flexibility index (Phi) is 4.74. The van der Waals surface area contributed by atoms with Gasteiger partial charge in [-0.15, -0.1) is 5.23 Å². The number of hydrazine groups is 1. The van der Waals surface area contributed by atoms with Crippen LogP contribution >= 0.6 is 11.8 Å². The molecule has 7 nitrogen and oxygen atoms in total. The van der Waals surface area contributed by atoms with E-state index in [1.807, 2.05) is 0 Å². The van der Waals surface area contributed by atoms with Crippen molar-refractivity contribution in [2.75, 3.05) is 5.23 Å². The van der Waals surface area contributed by atoms with Crippen molar-refractivity contribution in [3.63, 3.8) is 0 Å². The molecular formula is C9H5F3N6OS. The van der Waals surface area contributed by atoms with E-state index in [9.17, 15) is 18.1 Å². The first-order chi connectivity index (χ1) is 9.33. The van der Waals surface area contributed by atoms with Crippen molar-refractivity contribution in [2.24, 2.45) is 11.6 Å². The van der Waals surface area contributed by atoms with Gasteiger partial charge in [-0.25, -0.2) is 19.6 Å². The number of nitriles is 2. The molecule has 11 heteroatoms. The number of hydrogen-bond acceptors (Lipinski definition) is 7. The van der Waals surface area contributed by atoms with Gasteiger partial charge in [0.15, 0.2) is 11.6 Å². The molecule has 0 aliphatic heterocycles. The van der Waals surface area contributed by atoms with Gasteiger partial charge >= 0.3 is 0 Å².